The molecule has 0 amide bonds. The summed E-state index contributed by atoms with van der Waals surface area (Å²) in [5, 5.41) is 3.81. The molecule has 7 heteroatoms. The minimum Gasteiger partial charge on any atom is -0.439 e. The normalized spacial score (nSPS) is 10.2. The number of anilines is 2. The smallest absolute Gasteiger partial charge is 0.226 e. The van der Waals surface area contributed by atoms with Gasteiger partial charge in [-0.05, 0) is 18.2 Å². The maximum absolute atomic E-state index is 5.87. The summed E-state index contributed by atoms with van der Waals surface area (Å²) in [6, 6.07) is 6.49. The minimum atomic E-state index is 0.116. The molecule has 2 aromatic rings. The molecule has 0 aliphatic heterocycles. The fourth-order valence-corrected chi connectivity index (χ4v) is 1.84. The summed E-state index contributed by atoms with van der Waals surface area (Å²) in [7, 11) is 1.72. The van der Waals surface area contributed by atoms with Gasteiger partial charge < -0.3 is 15.8 Å². The van der Waals surface area contributed by atoms with E-state index >= 15 is 0 Å². The number of nitrogens with two attached hydrogens (primary N) is 1. The third-order valence-corrected chi connectivity index (χ3v) is 2.47. The molecular weight excluding hydrogens is 275 g/mol. The van der Waals surface area contributed by atoms with Crippen LogP contribution in [-0.4, -0.2) is 17.0 Å². The molecule has 0 fully saturated rings. The van der Waals surface area contributed by atoms with Gasteiger partial charge in [0.1, 0.15) is 11.6 Å². The van der Waals surface area contributed by atoms with Crippen LogP contribution in [0.25, 0.3) is 0 Å². The Balaban J connectivity index is 2.30. The van der Waals surface area contributed by atoms with Crippen molar-refractivity contribution in [1.29, 1.82) is 0 Å². The molecule has 0 bridgehead atoms. The fraction of sp³-hybridized carbons (Fsp3) is 0.0909. The van der Waals surface area contributed by atoms with Crippen LogP contribution in [0, 0.1) is 0 Å². The maximum atomic E-state index is 5.87. The Hall–Kier alpha value is -1.72. The van der Waals surface area contributed by atoms with Crippen molar-refractivity contribution in [3.05, 3.63) is 34.3 Å². The number of benzene rings is 1. The van der Waals surface area contributed by atoms with E-state index in [9.17, 15) is 0 Å². The number of hydrogen-bond donors (Lipinski definition) is 2. The average molecular weight is 285 g/mol. The monoisotopic (exact) mass is 284 g/mol. The summed E-state index contributed by atoms with van der Waals surface area (Å²) in [5.74, 6) is 1.47. The first-order valence-corrected chi connectivity index (χ1v) is 5.78. The highest BCUT2D eigenvalue weighted by Gasteiger charge is 2.05. The minimum absolute atomic E-state index is 0.116. The Bertz CT molecular complexity index is 557. The summed E-state index contributed by atoms with van der Waals surface area (Å²) >= 11 is 11.7. The van der Waals surface area contributed by atoms with Gasteiger partial charge in [0, 0.05) is 23.2 Å². The number of halogens is 2. The molecule has 0 unspecified atom stereocenters. The van der Waals surface area contributed by atoms with Gasteiger partial charge in [0.2, 0.25) is 11.8 Å². The van der Waals surface area contributed by atoms with E-state index in [0.717, 1.165) is 0 Å². The highest BCUT2D eigenvalue weighted by atomic mass is 35.5. The zero-order valence-corrected chi connectivity index (χ0v) is 11.0. The fourth-order valence-electron chi connectivity index (χ4n) is 1.33. The van der Waals surface area contributed by atoms with Gasteiger partial charge in [-0.2, -0.15) is 9.97 Å². The quantitative estimate of drug-likeness (QED) is 0.906. The van der Waals surface area contributed by atoms with Crippen molar-refractivity contribution in [2.75, 3.05) is 18.1 Å². The number of nitrogen functional groups attached to an aromatic ring is 1. The van der Waals surface area contributed by atoms with Crippen molar-refractivity contribution in [3.63, 3.8) is 0 Å². The van der Waals surface area contributed by atoms with E-state index in [1.165, 1.54) is 0 Å². The SMILES string of the molecule is CNc1cc(Oc2cc(Cl)cc(Cl)c2)nc(N)n1. The van der Waals surface area contributed by atoms with Gasteiger partial charge in [-0.25, -0.2) is 0 Å². The van der Waals surface area contributed by atoms with Gasteiger partial charge in [-0.1, -0.05) is 23.2 Å². The molecule has 0 spiro atoms. The number of ether oxygens (including phenoxy) is 1. The number of nitrogens with zero attached hydrogens (tertiary/aromatic N) is 2. The summed E-state index contributed by atoms with van der Waals surface area (Å²) in [6.07, 6.45) is 0. The molecule has 0 saturated heterocycles. The van der Waals surface area contributed by atoms with E-state index in [-0.39, 0.29) is 5.95 Å². The number of nitrogens with one attached hydrogen (secondary N) is 1. The van der Waals surface area contributed by atoms with Crippen molar-refractivity contribution in [1.82, 2.24) is 9.97 Å². The lowest BCUT2D eigenvalue weighted by molar-refractivity contribution is 0.463. The topological polar surface area (TPSA) is 73.1 Å². The Labute approximate surface area is 114 Å². The Morgan fingerprint density at radius 1 is 1.11 bits per heavy atom. The highest BCUT2D eigenvalue weighted by Crippen LogP contribution is 2.28. The average Bonchev–Trinajstić information content (AvgIpc) is 2.26. The second kappa shape index (κ2) is 5.29. The molecular formula is C11H10Cl2N4O. The molecule has 0 radical (unpaired) electrons. The molecule has 1 aromatic carbocycles. The molecule has 18 heavy (non-hydrogen) atoms. The van der Waals surface area contributed by atoms with Crippen LogP contribution in [0.2, 0.25) is 10.0 Å². The van der Waals surface area contributed by atoms with Gasteiger partial charge in [0.05, 0.1) is 0 Å². The van der Waals surface area contributed by atoms with E-state index in [1.54, 1.807) is 31.3 Å². The van der Waals surface area contributed by atoms with E-state index in [1.807, 2.05) is 0 Å². The van der Waals surface area contributed by atoms with Gasteiger partial charge in [0.15, 0.2) is 0 Å². The zero-order chi connectivity index (χ0) is 13.1. The van der Waals surface area contributed by atoms with E-state index in [2.05, 4.69) is 15.3 Å². The predicted octanol–water partition coefficient (Wildman–Crippen LogP) is 3.20. The van der Waals surface area contributed by atoms with Crippen LogP contribution in [0.3, 0.4) is 0 Å². The first kappa shape index (κ1) is 12.7. The summed E-state index contributed by atoms with van der Waals surface area (Å²) in [5.41, 5.74) is 5.55. The van der Waals surface area contributed by atoms with Gasteiger partial charge in [0.25, 0.3) is 0 Å². The lowest BCUT2D eigenvalue weighted by atomic mass is 10.3. The lowest BCUT2D eigenvalue weighted by Gasteiger charge is -2.07. The standard InChI is InChI=1S/C11H10Cl2N4O/c1-15-9-5-10(17-11(14)16-9)18-8-3-6(12)2-7(13)4-8/h2-5H,1H3,(H3,14,15,16,17). The molecule has 5 nitrogen and oxygen atoms in total. The van der Waals surface area contributed by atoms with Crippen molar-refractivity contribution >= 4 is 35.0 Å². The third-order valence-electron chi connectivity index (χ3n) is 2.03. The van der Waals surface area contributed by atoms with Crippen molar-refractivity contribution < 1.29 is 4.74 Å². The lowest BCUT2D eigenvalue weighted by Crippen LogP contribution is -2.01. The molecule has 0 saturated carbocycles. The molecule has 3 N–H and O–H groups in total. The van der Waals surface area contributed by atoms with Crippen LogP contribution in [0.15, 0.2) is 24.3 Å². The summed E-state index contributed by atoms with van der Waals surface area (Å²) in [4.78, 5) is 7.91. The van der Waals surface area contributed by atoms with Crippen molar-refractivity contribution in [2.24, 2.45) is 0 Å². The van der Waals surface area contributed by atoms with E-state index < -0.39 is 0 Å². The number of hydrogen-bond acceptors (Lipinski definition) is 5. The van der Waals surface area contributed by atoms with Crippen molar-refractivity contribution in [2.45, 2.75) is 0 Å². The van der Waals surface area contributed by atoms with Crippen molar-refractivity contribution in [3.8, 4) is 11.6 Å². The van der Waals surface area contributed by atoms with Crippen LogP contribution >= 0.6 is 23.2 Å². The third kappa shape index (κ3) is 3.15. The van der Waals surface area contributed by atoms with Gasteiger partial charge >= 0.3 is 0 Å². The second-order valence-corrected chi connectivity index (χ2v) is 4.28. The zero-order valence-electron chi connectivity index (χ0n) is 9.45. The Morgan fingerprint density at radius 2 is 1.78 bits per heavy atom. The Kier molecular flexibility index (Phi) is 3.74. The summed E-state index contributed by atoms with van der Waals surface area (Å²) in [6.45, 7) is 0. The molecule has 94 valence electrons. The molecule has 0 atom stereocenters. The predicted molar refractivity (Wildman–Crippen MR) is 72.5 cm³/mol. The van der Waals surface area contributed by atoms with Crippen LogP contribution in [0.4, 0.5) is 11.8 Å². The molecule has 0 aliphatic rings. The second-order valence-electron chi connectivity index (χ2n) is 3.41. The van der Waals surface area contributed by atoms with Gasteiger partial charge in [-0.15, -0.1) is 0 Å². The van der Waals surface area contributed by atoms with Gasteiger partial charge in [-0.3, -0.25) is 0 Å². The number of aromatic nitrogens is 2. The first-order chi connectivity index (χ1) is 8.56. The molecule has 1 aromatic heterocycles. The highest BCUT2D eigenvalue weighted by molar-refractivity contribution is 6.34. The maximum Gasteiger partial charge on any atom is 0.226 e. The summed E-state index contributed by atoms with van der Waals surface area (Å²) < 4.78 is 5.52. The van der Waals surface area contributed by atoms with Crippen LogP contribution in [-0.2, 0) is 0 Å². The number of rotatable bonds is 3. The molecule has 1 heterocycles. The Morgan fingerprint density at radius 3 is 2.39 bits per heavy atom. The largest absolute Gasteiger partial charge is 0.439 e. The van der Waals surface area contributed by atoms with E-state index in [4.69, 9.17) is 33.7 Å². The van der Waals surface area contributed by atoms with Crippen LogP contribution < -0.4 is 15.8 Å². The van der Waals surface area contributed by atoms with E-state index in [0.29, 0.717) is 27.5 Å². The first-order valence-electron chi connectivity index (χ1n) is 5.03. The molecule has 0 aliphatic carbocycles. The van der Waals surface area contributed by atoms with Crippen LogP contribution in [0.1, 0.15) is 0 Å². The van der Waals surface area contributed by atoms with Crippen LogP contribution in [0.5, 0.6) is 11.6 Å². The molecule has 2 rings (SSSR count).